The number of aryl methyl sites for hydroxylation is 1. The highest BCUT2D eigenvalue weighted by molar-refractivity contribution is 6.31. The molecule has 1 aliphatic rings. The van der Waals surface area contributed by atoms with Crippen molar-refractivity contribution in [1.29, 1.82) is 0 Å². The van der Waals surface area contributed by atoms with Gasteiger partial charge in [-0.05, 0) is 31.1 Å². The molecule has 2 heterocycles. The average molecular weight is 431 g/mol. The van der Waals surface area contributed by atoms with E-state index < -0.39 is 0 Å². The Hall–Kier alpha value is -2.64. The van der Waals surface area contributed by atoms with Crippen LogP contribution in [0.2, 0.25) is 5.15 Å². The summed E-state index contributed by atoms with van der Waals surface area (Å²) in [5.41, 5.74) is 2.40. The summed E-state index contributed by atoms with van der Waals surface area (Å²) in [6, 6.07) is 7.00. The lowest BCUT2D eigenvalue weighted by atomic mass is 10.1. The molecule has 0 aliphatic carbocycles. The van der Waals surface area contributed by atoms with Crippen LogP contribution in [0.1, 0.15) is 35.5 Å². The van der Waals surface area contributed by atoms with Crippen molar-refractivity contribution in [3.63, 3.8) is 0 Å². The summed E-state index contributed by atoms with van der Waals surface area (Å²) in [5, 5.41) is 7.75. The first kappa shape index (κ1) is 22.1. The topological polar surface area (TPSA) is 76.5 Å². The number of amides is 2. The fourth-order valence-electron chi connectivity index (χ4n) is 3.27. The third-order valence-electron chi connectivity index (χ3n) is 4.76. The Morgan fingerprint density at radius 1 is 1.27 bits per heavy atom. The Kier molecular flexibility index (Phi) is 7.29. The Bertz CT molecular complexity index is 946. The second-order valence-electron chi connectivity index (χ2n) is 7.64. The molecule has 0 atom stereocenters. The summed E-state index contributed by atoms with van der Waals surface area (Å²) >= 11 is 6.43. The SMILES string of the molecule is Cc1nn(CC(C)C)c(Cl)c1C=CC(=O)Nc1ccccc1C(=O)N1CCOCC1. The number of halogens is 1. The van der Waals surface area contributed by atoms with Crippen LogP contribution in [0.4, 0.5) is 5.69 Å². The zero-order valence-electron chi connectivity index (χ0n) is 17.5. The molecule has 160 valence electrons. The average Bonchev–Trinajstić information content (AvgIpc) is 2.99. The molecule has 2 amide bonds. The van der Waals surface area contributed by atoms with Gasteiger partial charge in [-0.1, -0.05) is 37.6 Å². The monoisotopic (exact) mass is 430 g/mol. The van der Waals surface area contributed by atoms with Gasteiger partial charge in [0.15, 0.2) is 0 Å². The van der Waals surface area contributed by atoms with Gasteiger partial charge in [0.05, 0.1) is 30.2 Å². The van der Waals surface area contributed by atoms with Gasteiger partial charge in [0.2, 0.25) is 5.91 Å². The number of para-hydroxylation sites is 1. The van der Waals surface area contributed by atoms with E-state index in [1.165, 1.54) is 6.08 Å². The largest absolute Gasteiger partial charge is 0.378 e. The summed E-state index contributed by atoms with van der Waals surface area (Å²) in [7, 11) is 0. The van der Waals surface area contributed by atoms with Crippen LogP contribution in [-0.4, -0.2) is 52.8 Å². The molecule has 8 heteroatoms. The van der Waals surface area contributed by atoms with Gasteiger partial charge in [0, 0.05) is 31.3 Å². The van der Waals surface area contributed by atoms with E-state index in [1.807, 2.05) is 6.92 Å². The van der Waals surface area contributed by atoms with Crippen molar-refractivity contribution in [3.05, 3.63) is 52.3 Å². The van der Waals surface area contributed by atoms with Gasteiger partial charge in [-0.15, -0.1) is 0 Å². The number of carbonyl (C=O) groups is 2. The minimum atomic E-state index is -0.343. The minimum Gasteiger partial charge on any atom is -0.378 e. The van der Waals surface area contributed by atoms with Crippen molar-refractivity contribution in [1.82, 2.24) is 14.7 Å². The van der Waals surface area contributed by atoms with Gasteiger partial charge in [-0.25, -0.2) is 0 Å². The molecular formula is C22H27ClN4O3. The number of benzene rings is 1. The number of hydrogen-bond donors (Lipinski definition) is 1. The van der Waals surface area contributed by atoms with Gasteiger partial charge in [-0.2, -0.15) is 5.10 Å². The molecule has 1 aliphatic heterocycles. The molecule has 1 aromatic heterocycles. The number of nitrogens with zero attached hydrogens (tertiary/aromatic N) is 3. The standard InChI is InChI=1S/C22H27ClN4O3/c1-15(2)14-27-21(23)17(16(3)25-27)8-9-20(28)24-19-7-5-4-6-18(19)22(29)26-10-12-30-13-11-26/h4-9,15H,10-14H2,1-3H3,(H,24,28). The zero-order chi connectivity index (χ0) is 21.7. The maximum atomic E-state index is 12.8. The smallest absolute Gasteiger partial charge is 0.256 e. The van der Waals surface area contributed by atoms with Crippen LogP contribution in [0.25, 0.3) is 6.08 Å². The molecule has 1 saturated heterocycles. The number of morpholine rings is 1. The van der Waals surface area contributed by atoms with Gasteiger partial charge < -0.3 is 15.0 Å². The van der Waals surface area contributed by atoms with Crippen molar-refractivity contribution >= 4 is 35.2 Å². The molecule has 1 aromatic carbocycles. The normalized spacial score (nSPS) is 14.5. The van der Waals surface area contributed by atoms with E-state index in [4.69, 9.17) is 16.3 Å². The van der Waals surface area contributed by atoms with Crippen LogP contribution in [0, 0.1) is 12.8 Å². The summed E-state index contributed by atoms with van der Waals surface area (Å²) in [6.45, 7) is 8.87. The molecule has 7 nitrogen and oxygen atoms in total. The number of ether oxygens (including phenoxy) is 1. The lowest BCUT2D eigenvalue weighted by molar-refractivity contribution is -0.111. The van der Waals surface area contributed by atoms with E-state index in [-0.39, 0.29) is 11.8 Å². The highest BCUT2D eigenvalue weighted by Gasteiger charge is 2.21. The molecule has 0 spiro atoms. The van der Waals surface area contributed by atoms with Crippen molar-refractivity contribution < 1.29 is 14.3 Å². The summed E-state index contributed by atoms with van der Waals surface area (Å²) in [6.07, 6.45) is 3.06. The molecule has 0 bridgehead atoms. The lowest BCUT2D eigenvalue weighted by Gasteiger charge is -2.27. The van der Waals surface area contributed by atoms with E-state index >= 15 is 0 Å². The predicted molar refractivity (Wildman–Crippen MR) is 118 cm³/mol. The van der Waals surface area contributed by atoms with Crippen LogP contribution < -0.4 is 5.32 Å². The van der Waals surface area contributed by atoms with Crippen molar-refractivity contribution in [2.45, 2.75) is 27.3 Å². The highest BCUT2D eigenvalue weighted by Crippen LogP contribution is 2.23. The van der Waals surface area contributed by atoms with E-state index in [9.17, 15) is 9.59 Å². The first-order valence-corrected chi connectivity index (χ1v) is 10.4. The molecule has 0 saturated carbocycles. The van der Waals surface area contributed by atoms with E-state index in [0.717, 1.165) is 5.69 Å². The van der Waals surface area contributed by atoms with Crippen molar-refractivity contribution in [3.8, 4) is 0 Å². The quantitative estimate of drug-likeness (QED) is 0.710. The number of rotatable bonds is 6. The second kappa shape index (κ2) is 9.91. The maximum absolute atomic E-state index is 12.8. The molecule has 1 fully saturated rings. The van der Waals surface area contributed by atoms with Gasteiger partial charge in [0.25, 0.3) is 5.91 Å². The molecular weight excluding hydrogens is 404 g/mol. The molecule has 30 heavy (non-hydrogen) atoms. The number of nitrogens with one attached hydrogen (secondary N) is 1. The predicted octanol–water partition coefficient (Wildman–Crippen LogP) is 3.63. The van der Waals surface area contributed by atoms with E-state index in [2.05, 4.69) is 24.3 Å². The minimum absolute atomic E-state index is 0.118. The number of hydrogen-bond acceptors (Lipinski definition) is 4. The van der Waals surface area contributed by atoms with Crippen molar-refractivity contribution in [2.75, 3.05) is 31.6 Å². The first-order valence-electron chi connectivity index (χ1n) is 10.0. The highest BCUT2D eigenvalue weighted by atomic mass is 35.5. The Morgan fingerprint density at radius 2 is 1.97 bits per heavy atom. The third-order valence-corrected chi connectivity index (χ3v) is 5.16. The Labute approximate surface area is 181 Å². The summed E-state index contributed by atoms with van der Waals surface area (Å²) in [4.78, 5) is 27.1. The number of carbonyl (C=O) groups excluding carboxylic acids is 2. The Balaban J connectivity index is 1.73. The first-order chi connectivity index (χ1) is 14.4. The van der Waals surface area contributed by atoms with E-state index in [0.29, 0.717) is 60.7 Å². The van der Waals surface area contributed by atoms with Crippen molar-refractivity contribution in [2.24, 2.45) is 5.92 Å². The van der Waals surface area contributed by atoms with Crippen LogP contribution in [0.15, 0.2) is 30.3 Å². The number of anilines is 1. The fraction of sp³-hybridized carbons (Fsp3) is 0.409. The summed E-state index contributed by atoms with van der Waals surface area (Å²) < 4.78 is 7.05. The Morgan fingerprint density at radius 3 is 2.67 bits per heavy atom. The van der Waals surface area contributed by atoms with Gasteiger partial charge in [-0.3, -0.25) is 14.3 Å². The van der Waals surface area contributed by atoms with Crippen LogP contribution in [-0.2, 0) is 16.1 Å². The maximum Gasteiger partial charge on any atom is 0.256 e. The van der Waals surface area contributed by atoms with Gasteiger partial charge >= 0.3 is 0 Å². The second-order valence-corrected chi connectivity index (χ2v) is 8.00. The van der Waals surface area contributed by atoms with Crippen LogP contribution >= 0.6 is 11.6 Å². The molecule has 3 rings (SSSR count). The van der Waals surface area contributed by atoms with Gasteiger partial charge in [0.1, 0.15) is 5.15 Å². The lowest BCUT2D eigenvalue weighted by Crippen LogP contribution is -2.41. The van der Waals surface area contributed by atoms with Crippen LogP contribution in [0.3, 0.4) is 0 Å². The number of aromatic nitrogens is 2. The van der Waals surface area contributed by atoms with Crippen LogP contribution in [0.5, 0.6) is 0 Å². The molecule has 2 aromatic rings. The molecule has 0 unspecified atom stereocenters. The fourth-order valence-corrected chi connectivity index (χ4v) is 3.58. The molecule has 0 radical (unpaired) electrons. The molecule has 1 N–H and O–H groups in total. The third kappa shape index (κ3) is 5.29. The zero-order valence-corrected chi connectivity index (χ0v) is 18.3. The van der Waals surface area contributed by atoms with E-state index in [1.54, 1.807) is 39.9 Å². The summed E-state index contributed by atoms with van der Waals surface area (Å²) in [5.74, 6) is -0.0567.